The van der Waals surface area contributed by atoms with E-state index < -0.39 is 0 Å². The second-order valence-electron chi connectivity index (χ2n) is 5.14. The van der Waals surface area contributed by atoms with Crippen molar-refractivity contribution in [2.75, 3.05) is 22.6 Å². The first kappa shape index (κ1) is 15.6. The number of hydrogen-bond acceptors (Lipinski definition) is 4. The number of fused-ring (bicyclic) bond motifs is 1. The summed E-state index contributed by atoms with van der Waals surface area (Å²) in [5.41, 5.74) is 3.82. The Balaban J connectivity index is 1.86. The van der Waals surface area contributed by atoms with E-state index in [0.717, 1.165) is 27.1 Å². The molecule has 6 heteroatoms. The Morgan fingerprint density at radius 3 is 2.91 bits per heavy atom. The van der Waals surface area contributed by atoms with Gasteiger partial charge in [-0.2, -0.15) is 0 Å². The first-order chi connectivity index (χ1) is 11.2. The lowest BCUT2D eigenvalue weighted by molar-refractivity contribution is -0.111. The molecule has 2 aromatic carbocycles. The zero-order valence-electron chi connectivity index (χ0n) is 12.4. The van der Waals surface area contributed by atoms with Crippen molar-refractivity contribution in [3.05, 3.63) is 65.2 Å². The van der Waals surface area contributed by atoms with Gasteiger partial charge in [-0.15, -0.1) is 0 Å². The fourth-order valence-electron chi connectivity index (χ4n) is 2.47. The predicted molar refractivity (Wildman–Crippen MR) is 97.4 cm³/mol. The van der Waals surface area contributed by atoms with Crippen LogP contribution < -0.4 is 21.3 Å². The maximum Gasteiger partial charge on any atom is 0.247 e. The van der Waals surface area contributed by atoms with E-state index in [2.05, 4.69) is 43.8 Å². The molecule has 0 aromatic heterocycles. The van der Waals surface area contributed by atoms with Crippen molar-refractivity contribution in [1.82, 2.24) is 5.32 Å². The van der Waals surface area contributed by atoms with Crippen LogP contribution in [0.15, 0.2) is 59.6 Å². The molecule has 0 fully saturated rings. The van der Waals surface area contributed by atoms with Crippen LogP contribution in [0.3, 0.4) is 0 Å². The standard InChI is InChI=1S/C17H17BrN4O/c1-2-16(23)21-13-6-7-15-14(9-13)17(20-10-19-15)22-12-5-3-4-11(18)8-12/h2-9,17,19-20,22H,1,10H2,(H,21,23). The molecule has 1 heterocycles. The third-order valence-corrected chi connectivity index (χ3v) is 4.03. The highest BCUT2D eigenvalue weighted by Crippen LogP contribution is 2.30. The number of anilines is 3. The van der Waals surface area contributed by atoms with Gasteiger partial charge in [-0.05, 0) is 42.5 Å². The minimum atomic E-state index is -0.224. The highest BCUT2D eigenvalue weighted by atomic mass is 79.9. The molecule has 5 nitrogen and oxygen atoms in total. The minimum Gasteiger partial charge on any atom is -0.372 e. The molecule has 0 radical (unpaired) electrons. The molecule has 1 aliphatic rings. The molecular weight excluding hydrogens is 356 g/mol. The van der Waals surface area contributed by atoms with Gasteiger partial charge in [0.1, 0.15) is 6.17 Å². The molecule has 0 spiro atoms. The summed E-state index contributed by atoms with van der Waals surface area (Å²) >= 11 is 3.48. The second-order valence-corrected chi connectivity index (χ2v) is 6.06. The van der Waals surface area contributed by atoms with Crippen molar-refractivity contribution in [3.8, 4) is 0 Å². The maximum absolute atomic E-state index is 11.5. The van der Waals surface area contributed by atoms with Gasteiger partial charge < -0.3 is 16.0 Å². The predicted octanol–water partition coefficient (Wildman–Crippen LogP) is 3.66. The lowest BCUT2D eigenvalue weighted by Crippen LogP contribution is -2.37. The summed E-state index contributed by atoms with van der Waals surface area (Å²) in [6.07, 6.45) is 1.20. The molecular formula is C17H17BrN4O. The smallest absolute Gasteiger partial charge is 0.247 e. The molecule has 1 atom stereocenters. The van der Waals surface area contributed by atoms with Gasteiger partial charge in [0.15, 0.2) is 0 Å². The third-order valence-electron chi connectivity index (χ3n) is 3.54. The first-order valence-electron chi connectivity index (χ1n) is 7.22. The number of carbonyl (C=O) groups is 1. The molecule has 23 heavy (non-hydrogen) atoms. The van der Waals surface area contributed by atoms with Gasteiger partial charge >= 0.3 is 0 Å². The summed E-state index contributed by atoms with van der Waals surface area (Å²) in [4.78, 5) is 11.5. The number of nitrogens with one attached hydrogen (secondary N) is 4. The Morgan fingerprint density at radius 1 is 1.26 bits per heavy atom. The summed E-state index contributed by atoms with van der Waals surface area (Å²) < 4.78 is 1.02. The number of amides is 1. The lowest BCUT2D eigenvalue weighted by Gasteiger charge is -2.30. The summed E-state index contributed by atoms with van der Waals surface area (Å²) in [5.74, 6) is -0.224. The molecule has 3 rings (SSSR count). The van der Waals surface area contributed by atoms with Crippen LogP contribution >= 0.6 is 15.9 Å². The van der Waals surface area contributed by atoms with E-state index >= 15 is 0 Å². The molecule has 0 aliphatic carbocycles. The highest BCUT2D eigenvalue weighted by Gasteiger charge is 2.20. The van der Waals surface area contributed by atoms with E-state index in [9.17, 15) is 4.79 Å². The molecule has 118 valence electrons. The normalized spacial score (nSPS) is 16.0. The van der Waals surface area contributed by atoms with Gasteiger partial charge in [-0.3, -0.25) is 10.1 Å². The van der Waals surface area contributed by atoms with Crippen LogP contribution in [0, 0.1) is 0 Å². The Morgan fingerprint density at radius 2 is 2.13 bits per heavy atom. The maximum atomic E-state index is 11.5. The van der Waals surface area contributed by atoms with Crippen LogP contribution in [0.4, 0.5) is 17.1 Å². The molecule has 1 amide bonds. The van der Waals surface area contributed by atoms with E-state index in [-0.39, 0.29) is 12.1 Å². The fraction of sp³-hybridized carbons (Fsp3) is 0.118. The van der Waals surface area contributed by atoms with Crippen LogP contribution in [-0.2, 0) is 4.79 Å². The molecule has 1 unspecified atom stereocenters. The van der Waals surface area contributed by atoms with E-state index in [1.165, 1.54) is 6.08 Å². The average Bonchev–Trinajstić information content (AvgIpc) is 2.55. The molecule has 2 aromatic rings. The lowest BCUT2D eigenvalue weighted by atomic mass is 10.1. The van der Waals surface area contributed by atoms with E-state index in [1.54, 1.807) is 0 Å². The monoisotopic (exact) mass is 372 g/mol. The number of hydrogen-bond donors (Lipinski definition) is 4. The number of carbonyl (C=O) groups excluding carboxylic acids is 1. The van der Waals surface area contributed by atoms with Gasteiger partial charge in [0.25, 0.3) is 0 Å². The van der Waals surface area contributed by atoms with E-state index in [4.69, 9.17) is 0 Å². The van der Waals surface area contributed by atoms with Gasteiger partial charge in [-0.1, -0.05) is 28.6 Å². The Labute approximate surface area is 143 Å². The highest BCUT2D eigenvalue weighted by molar-refractivity contribution is 9.10. The van der Waals surface area contributed by atoms with Crippen LogP contribution in [-0.4, -0.2) is 12.6 Å². The van der Waals surface area contributed by atoms with Gasteiger partial charge in [0.2, 0.25) is 5.91 Å². The minimum absolute atomic E-state index is 0.0545. The summed E-state index contributed by atoms with van der Waals surface area (Å²) in [5, 5.41) is 12.9. The van der Waals surface area contributed by atoms with Crippen LogP contribution in [0.25, 0.3) is 0 Å². The number of rotatable bonds is 4. The van der Waals surface area contributed by atoms with Crippen molar-refractivity contribution in [2.45, 2.75) is 6.17 Å². The van der Waals surface area contributed by atoms with Crippen molar-refractivity contribution in [1.29, 1.82) is 0 Å². The van der Waals surface area contributed by atoms with Crippen molar-refractivity contribution < 1.29 is 4.79 Å². The summed E-state index contributed by atoms with van der Waals surface area (Å²) in [6.45, 7) is 4.13. The van der Waals surface area contributed by atoms with Gasteiger partial charge in [0.05, 0.1) is 6.67 Å². The summed E-state index contributed by atoms with van der Waals surface area (Å²) in [6, 6.07) is 13.8. The van der Waals surface area contributed by atoms with Gasteiger partial charge in [0, 0.05) is 27.1 Å². The Hall–Kier alpha value is -2.31. The zero-order chi connectivity index (χ0) is 16.2. The Bertz CT molecular complexity index is 747. The largest absolute Gasteiger partial charge is 0.372 e. The molecule has 0 bridgehead atoms. The van der Waals surface area contributed by atoms with Crippen LogP contribution in [0.2, 0.25) is 0 Å². The molecule has 0 saturated carbocycles. The zero-order valence-corrected chi connectivity index (χ0v) is 14.0. The van der Waals surface area contributed by atoms with Crippen LogP contribution in [0.1, 0.15) is 11.7 Å². The Kier molecular flexibility index (Phi) is 4.64. The fourth-order valence-corrected chi connectivity index (χ4v) is 2.86. The van der Waals surface area contributed by atoms with Crippen molar-refractivity contribution in [2.24, 2.45) is 0 Å². The van der Waals surface area contributed by atoms with E-state index in [0.29, 0.717) is 6.67 Å². The molecule has 0 saturated heterocycles. The van der Waals surface area contributed by atoms with Crippen LogP contribution in [0.5, 0.6) is 0 Å². The first-order valence-corrected chi connectivity index (χ1v) is 8.02. The third kappa shape index (κ3) is 3.72. The second kappa shape index (κ2) is 6.85. The average molecular weight is 373 g/mol. The summed E-state index contributed by atoms with van der Waals surface area (Å²) in [7, 11) is 0. The van der Waals surface area contributed by atoms with E-state index in [1.807, 2.05) is 42.5 Å². The van der Waals surface area contributed by atoms with Gasteiger partial charge in [-0.25, -0.2) is 0 Å². The number of benzene rings is 2. The van der Waals surface area contributed by atoms with Crippen molar-refractivity contribution in [3.63, 3.8) is 0 Å². The molecule has 1 aliphatic heterocycles. The molecule has 4 N–H and O–H groups in total. The SMILES string of the molecule is C=CC(=O)Nc1ccc2c(c1)C(Nc1cccc(Br)c1)NCN2. The quantitative estimate of drug-likeness (QED) is 0.618. The topological polar surface area (TPSA) is 65.2 Å². The number of halogens is 1. The van der Waals surface area contributed by atoms with Crippen molar-refractivity contribution >= 4 is 38.9 Å².